The number of carbonyl (C=O) groups excluding carboxylic acids is 1. The van der Waals surface area contributed by atoms with E-state index >= 15 is 0 Å². The molecule has 152 valence electrons. The van der Waals surface area contributed by atoms with Gasteiger partial charge in [0.15, 0.2) is 6.29 Å². The largest absolute Gasteiger partial charge is 0.394 e. The molecule has 2 saturated heterocycles. The fraction of sp³-hybridized carbons (Fsp3) is 0.933. The molecule has 0 aromatic heterocycles. The van der Waals surface area contributed by atoms with Crippen molar-refractivity contribution >= 4 is 5.91 Å². The maximum absolute atomic E-state index is 11.4. The Balaban J connectivity index is 2.21. The van der Waals surface area contributed by atoms with Gasteiger partial charge in [-0.15, -0.1) is 0 Å². The molecule has 1 amide bonds. The first-order chi connectivity index (χ1) is 12.2. The second-order valence-corrected chi connectivity index (χ2v) is 6.73. The van der Waals surface area contributed by atoms with Gasteiger partial charge in [0.05, 0.1) is 31.5 Å². The summed E-state index contributed by atoms with van der Waals surface area (Å²) in [5.74, 6) is -1.40. The summed E-state index contributed by atoms with van der Waals surface area (Å²) in [6.45, 7) is 0.0210. The van der Waals surface area contributed by atoms with Crippen molar-refractivity contribution in [1.82, 2.24) is 5.32 Å². The zero-order valence-electron chi connectivity index (χ0n) is 14.3. The van der Waals surface area contributed by atoms with Crippen molar-refractivity contribution in [2.45, 2.75) is 68.4 Å². The van der Waals surface area contributed by atoms with E-state index in [-0.39, 0.29) is 6.42 Å². The average molecular weight is 381 g/mol. The van der Waals surface area contributed by atoms with E-state index in [0.29, 0.717) is 0 Å². The van der Waals surface area contributed by atoms with E-state index in [4.69, 9.17) is 9.47 Å². The molecule has 10 atom stereocenters. The molecule has 0 bridgehead atoms. The Morgan fingerprint density at radius 3 is 1.92 bits per heavy atom. The topological polar surface area (TPSA) is 189 Å². The van der Waals surface area contributed by atoms with Crippen molar-refractivity contribution in [1.29, 1.82) is 0 Å². The molecule has 0 aliphatic carbocycles. The van der Waals surface area contributed by atoms with Crippen LogP contribution >= 0.6 is 0 Å². The van der Waals surface area contributed by atoms with Gasteiger partial charge in [0.25, 0.3) is 0 Å². The summed E-state index contributed by atoms with van der Waals surface area (Å²) in [6, 6.07) is -1.06. The van der Waals surface area contributed by atoms with Crippen LogP contribution in [0, 0.1) is 5.92 Å². The lowest BCUT2D eigenvalue weighted by Gasteiger charge is -2.46. The number of aliphatic hydroxyl groups excluding tert-OH is 7. The van der Waals surface area contributed by atoms with Gasteiger partial charge >= 0.3 is 0 Å². The number of ether oxygens (including phenoxy) is 2. The Morgan fingerprint density at radius 1 is 0.846 bits per heavy atom. The highest BCUT2D eigenvalue weighted by Gasteiger charge is 2.49. The molecule has 11 heteroatoms. The molecule has 0 aromatic carbocycles. The van der Waals surface area contributed by atoms with Crippen molar-refractivity contribution < 1.29 is 50.0 Å². The summed E-state index contributed by atoms with van der Waals surface area (Å²) in [7, 11) is 0. The lowest BCUT2D eigenvalue weighted by molar-refractivity contribution is -0.261. The molecule has 2 aliphatic rings. The van der Waals surface area contributed by atoms with Crippen molar-refractivity contribution in [3.05, 3.63) is 0 Å². The molecular formula is C15H27NO10. The lowest BCUT2D eigenvalue weighted by atomic mass is 9.80. The van der Waals surface area contributed by atoms with Crippen LogP contribution in [0.5, 0.6) is 0 Å². The lowest BCUT2D eigenvalue weighted by Crippen LogP contribution is -2.64. The highest BCUT2D eigenvalue weighted by molar-refractivity contribution is 5.73. The van der Waals surface area contributed by atoms with E-state index in [0.717, 1.165) is 0 Å². The van der Waals surface area contributed by atoms with Gasteiger partial charge in [-0.2, -0.15) is 0 Å². The summed E-state index contributed by atoms with van der Waals surface area (Å²) in [5.41, 5.74) is 0. The monoisotopic (exact) mass is 381 g/mol. The van der Waals surface area contributed by atoms with Crippen LogP contribution in [0.4, 0.5) is 0 Å². The highest BCUT2D eigenvalue weighted by Crippen LogP contribution is 2.33. The molecular weight excluding hydrogens is 354 g/mol. The van der Waals surface area contributed by atoms with Crippen LogP contribution in [0.3, 0.4) is 0 Å². The third-order valence-corrected chi connectivity index (χ3v) is 4.95. The Morgan fingerprint density at radius 2 is 1.38 bits per heavy atom. The number of aliphatic hydroxyl groups is 7. The molecule has 2 rings (SSSR count). The molecule has 0 radical (unpaired) electrons. The molecule has 26 heavy (non-hydrogen) atoms. The second-order valence-electron chi connectivity index (χ2n) is 6.73. The Kier molecular flexibility index (Phi) is 7.30. The molecule has 2 aliphatic heterocycles. The summed E-state index contributed by atoms with van der Waals surface area (Å²) in [6.07, 6.45) is -10.9. The third kappa shape index (κ3) is 4.32. The van der Waals surface area contributed by atoms with Crippen molar-refractivity contribution in [2.24, 2.45) is 5.92 Å². The highest BCUT2D eigenvalue weighted by atomic mass is 16.6. The number of amides is 1. The summed E-state index contributed by atoms with van der Waals surface area (Å²) >= 11 is 0. The molecule has 0 spiro atoms. The van der Waals surface area contributed by atoms with E-state index in [1.165, 1.54) is 6.92 Å². The minimum Gasteiger partial charge on any atom is -0.394 e. The molecule has 2 heterocycles. The molecule has 0 saturated carbocycles. The Hall–Kier alpha value is -0.890. The second kappa shape index (κ2) is 8.87. The van der Waals surface area contributed by atoms with Gasteiger partial charge in [-0.05, 0) is 6.42 Å². The zero-order chi connectivity index (χ0) is 19.6. The smallest absolute Gasteiger partial charge is 0.217 e. The van der Waals surface area contributed by atoms with E-state index in [2.05, 4.69) is 5.32 Å². The van der Waals surface area contributed by atoms with Crippen LogP contribution < -0.4 is 5.32 Å². The average Bonchev–Trinajstić information content (AvgIpc) is 2.60. The SMILES string of the molecule is CC(=O)N[C@H]1C(O)O[C@H](CO)[C@H](O)[C@@H]1C[C@H]1O[C@H](CO)[C@@H](O)[C@H](O)[C@@H]1O. The minimum absolute atomic E-state index is 0.148. The summed E-state index contributed by atoms with van der Waals surface area (Å²) < 4.78 is 10.5. The van der Waals surface area contributed by atoms with Crippen molar-refractivity contribution in [2.75, 3.05) is 13.2 Å². The first kappa shape index (κ1) is 21.4. The zero-order valence-corrected chi connectivity index (χ0v) is 14.3. The van der Waals surface area contributed by atoms with E-state index in [9.17, 15) is 40.5 Å². The van der Waals surface area contributed by atoms with E-state index in [1.54, 1.807) is 0 Å². The van der Waals surface area contributed by atoms with Crippen molar-refractivity contribution in [3.63, 3.8) is 0 Å². The van der Waals surface area contributed by atoms with Gasteiger partial charge in [0.1, 0.15) is 30.5 Å². The van der Waals surface area contributed by atoms with Gasteiger partial charge in [0, 0.05) is 12.8 Å². The summed E-state index contributed by atoms with van der Waals surface area (Å²) in [4.78, 5) is 11.4. The van der Waals surface area contributed by atoms with E-state index in [1.807, 2.05) is 0 Å². The van der Waals surface area contributed by atoms with Crippen molar-refractivity contribution in [3.8, 4) is 0 Å². The number of hydrogen-bond donors (Lipinski definition) is 8. The quantitative estimate of drug-likeness (QED) is 0.230. The summed E-state index contributed by atoms with van der Waals surface area (Å²) in [5, 5.41) is 71.5. The number of hydrogen-bond acceptors (Lipinski definition) is 10. The van der Waals surface area contributed by atoms with Crippen LogP contribution in [0.25, 0.3) is 0 Å². The molecule has 8 N–H and O–H groups in total. The van der Waals surface area contributed by atoms with E-state index < -0.39 is 80.1 Å². The molecule has 2 fully saturated rings. The normalized spacial score (nSPS) is 46.8. The fourth-order valence-corrected chi connectivity index (χ4v) is 3.54. The first-order valence-electron chi connectivity index (χ1n) is 8.41. The predicted molar refractivity (Wildman–Crippen MR) is 83.5 cm³/mol. The van der Waals surface area contributed by atoms with Gasteiger partial charge in [-0.25, -0.2) is 0 Å². The molecule has 0 aromatic rings. The standard InChI is InChI=1S/C15H27NO10/c1-5(19)16-10-6(11(20)8(3-17)26-15(10)24)2-7-12(21)14(23)13(22)9(4-18)25-7/h6-15,17-18,20-24H,2-4H2,1H3,(H,16,19)/t6-,7-,8-,9-,10-,11-,12-,13-,14-,15?/m1/s1. The fourth-order valence-electron chi connectivity index (χ4n) is 3.54. The molecule has 11 nitrogen and oxygen atoms in total. The third-order valence-electron chi connectivity index (χ3n) is 4.95. The molecule has 1 unspecified atom stereocenters. The predicted octanol–water partition coefficient (Wildman–Crippen LogP) is -4.59. The van der Waals surface area contributed by atoms with Gasteiger partial charge < -0.3 is 50.5 Å². The van der Waals surface area contributed by atoms with Crippen LogP contribution in [0.15, 0.2) is 0 Å². The number of nitrogens with one attached hydrogen (secondary N) is 1. The van der Waals surface area contributed by atoms with Gasteiger partial charge in [-0.1, -0.05) is 0 Å². The maximum atomic E-state index is 11.4. The van der Waals surface area contributed by atoms with Crippen LogP contribution in [0.2, 0.25) is 0 Å². The van der Waals surface area contributed by atoms with Crippen LogP contribution in [-0.2, 0) is 14.3 Å². The van der Waals surface area contributed by atoms with Crippen LogP contribution in [-0.4, -0.2) is 110 Å². The van der Waals surface area contributed by atoms with Gasteiger partial charge in [-0.3, -0.25) is 4.79 Å². The minimum atomic E-state index is -1.58. The maximum Gasteiger partial charge on any atom is 0.217 e. The van der Waals surface area contributed by atoms with Crippen LogP contribution in [0.1, 0.15) is 13.3 Å². The Bertz CT molecular complexity index is 477. The van der Waals surface area contributed by atoms with Gasteiger partial charge in [0.2, 0.25) is 5.91 Å². The number of rotatable bonds is 5. The first-order valence-corrected chi connectivity index (χ1v) is 8.41. The number of carbonyl (C=O) groups is 1. The Labute approximate surface area is 149 Å².